The van der Waals surface area contributed by atoms with Crippen LogP contribution in [0.3, 0.4) is 0 Å². The molecule has 4 amide bonds. The molecule has 7 nitrogen and oxygen atoms in total. The summed E-state index contributed by atoms with van der Waals surface area (Å²) in [6.45, 7) is 6.39. The van der Waals surface area contributed by atoms with E-state index in [4.69, 9.17) is 11.6 Å². The van der Waals surface area contributed by atoms with Crippen LogP contribution < -0.4 is 0 Å². The Hall–Kier alpha value is -3.10. The zero-order valence-electron chi connectivity index (χ0n) is 21.0. The summed E-state index contributed by atoms with van der Waals surface area (Å²) in [5.41, 5.74) is 1.91. The van der Waals surface area contributed by atoms with Crippen molar-refractivity contribution in [2.24, 2.45) is 5.92 Å². The number of imide groups is 1. The van der Waals surface area contributed by atoms with Gasteiger partial charge in [0, 0.05) is 36.8 Å². The molecule has 2 aromatic rings. The molecule has 0 aliphatic carbocycles. The van der Waals surface area contributed by atoms with E-state index in [2.05, 4.69) is 0 Å². The van der Waals surface area contributed by atoms with Gasteiger partial charge >= 0.3 is 0 Å². The highest BCUT2D eigenvalue weighted by molar-refractivity contribution is 8.18. The molecule has 37 heavy (non-hydrogen) atoms. The van der Waals surface area contributed by atoms with Gasteiger partial charge in [0.1, 0.15) is 0 Å². The van der Waals surface area contributed by atoms with Crippen LogP contribution in [0.25, 0.3) is 6.08 Å². The quantitative estimate of drug-likeness (QED) is 0.446. The van der Waals surface area contributed by atoms with Crippen LogP contribution >= 0.6 is 23.4 Å². The number of hydrogen-bond acceptors (Lipinski definition) is 5. The predicted molar refractivity (Wildman–Crippen MR) is 146 cm³/mol. The zero-order chi connectivity index (χ0) is 26.5. The fourth-order valence-corrected chi connectivity index (χ4v) is 5.76. The molecule has 2 aliphatic rings. The first-order valence-electron chi connectivity index (χ1n) is 12.5. The minimum Gasteiger partial charge on any atom is -0.343 e. The van der Waals surface area contributed by atoms with E-state index in [0.29, 0.717) is 47.2 Å². The molecule has 0 radical (unpaired) electrons. The highest BCUT2D eigenvalue weighted by atomic mass is 35.5. The van der Waals surface area contributed by atoms with Gasteiger partial charge < -0.3 is 9.80 Å². The Labute approximate surface area is 226 Å². The van der Waals surface area contributed by atoms with Crippen LogP contribution in [-0.4, -0.2) is 63.8 Å². The Morgan fingerprint density at radius 3 is 2.59 bits per heavy atom. The highest BCUT2D eigenvalue weighted by Gasteiger charge is 2.35. The van der Waals surface area contributed by atoms with Gasteiger partial charge in [-0.3, -0.25) is 24.1 Å². The fourth-order valence-electron chi connectivity index (χ4n) is 4.71. The van der Waals surface area contributed by atoms with Crippen molar-refractivity contribution in [2.75, 3.05) is 26.2 Å². The molecule has 194 valence electrons. The van der Waals surface area contributed by atoms with E-state index in [1.807, 2.05) is 24.8 Å². The Bertz CT molecular complexity index is 1240. The minimum atomic E-state index is -0.375. The van der Waals surface area contributed by atoms with Gasteiger partial charge in [-0.15, -0.1) is 0 Å². The lowest BCUT2D eigenvalue weighted by Gasteiger charge is -2.34. The molecule has 0 unspecified atom stereocenters. The fraction of sp³-hybridized carbons (Fsp3) is 0.357. The molecule has 0 spiro atoms. The topological polar surface area (TPSA) is 78.0 Å². The lowest BCUT2D eigenvalue weighted by atomic mass is 9.95. The summed E-state index contributed by atoms with van der Waals surface area (Å²) in [5, 5.41) is 0.194. The number of carbonyl (C=O) groups is 4. The molecule has 2 heterocycles. The van der Waals surface area contributed by atoms with Crippen LogP contribution in [-0.2, 0) is 16.1 Å². The molecule has 9 heteroatoms. The van der Waals surface area contributed by atoms with Crippen LogP contribution in [0.15, 0.2) is 53.4 Å². The second-order valence-electron chi connectivity index (χ2n) is 9.12. The molecule has 0 saturated carbocycles. The largest absolute Gasteiger partial charge is 0.343 e. The molecular formula is C28H30ClN3O4S. The number of amides is 4. The number of carbonyl (C=O) groups excluding carboxylic acids is 4. The smallest absolute Gasteiger partial charge is 0.293 e. The second-order valence-corrected chi connectivity index (χ2v) is 10.6. The van der Waals surface area contributed by atoms with E-state index in [-0.39, 0.29) is 35.4 Å². The molecular weight excluding hydrogens is 510 g/mol. The van der Waals surface area contributed by atoms with Crippen molar-refractivity contribution in [3.63, 3.8) is 0 Å². The van der Waals surface area contributed by atoms with E-state index in [1.165, 1.54) is 4.90 Å². The maximum absolute atomic E-state index is 13.3. The molecule has 2 saturated heterocycles. The summed E-state index contributed by atoms with van der Waals surface area (Å²) in [6, 6.07) is 14.1. The summed E-state index contributed by atoms with van der Waals surface area (Å²) in [7, 11) is 0. The van der Waals surface area contributed by atoms with Gasteiger partial charge in [-0.1, -0.05) is 35.9 Å². The standard InChI is InChI=1S/C28H30ClN3O4S/c1-3-30(4-2)26(34)22-11-7-13-31(18-22)25(33)21-10-5-8-19(14-21)16-24-27(35)32(28(36)37-24)17-20-9-6-12-23(29)15-20/h5-6,8-10,12,14-16,22H,3-4,7,11,13,17-18H2,1-2H3/b24-16-/t22-/m0/s1. The minimum absolute atomic E-state index is 0.102. The average Bonchev–Trinajstić information content (AvgIpc) is 3.16. The first kappa shape index (κ1) is 26.9. The van der Waals surface area contributed by atoms with Crippen molar-refractivity contribution in [1.82, 2.24) is 14.7 Å². The van der Waals surface area contributed by atoms with Gasteiger partial charge in [0.15, 0.2) is 0 Å². The van der Waals surface area contributed by atoms with Crippen molar-refractivity contribution < 1.29 is 19.2 Å². The lowest BCUT2D eigenvalue weighted by molar-refractivity contribution is -0.136. The van der Waals surface area contributed by atoms with Gasteiger partial charge in [-0.05, 0) is 79.9 Å². The van der Waals surface area contributed by atoms with Gasteiger partial charge in [0.05, 0.1) is 17.4 Å². The van der Waals surface area contributed by atoms with Crippen molar-refractivity contribution in [3.8, 4) is 0 Å². The Kier molecular flexibility index (Phi) is 8.71. The number of thioether (sulfide) groups is 1. The third-order valence-corrected chi connectivity index (χ3v) is 7.81. The molecule has 2 aromatic carbocycles. The number of likely N-dealkylation sites (tertiary alicyclic amines) is 1. The number of hydrogen-bond donors (Lipinski definition) is 0. The van der Waals surface area contributed by atoms with Crippen molar-refractivity contribution in [2.45, 2.75) is 33.2 Å². The summed E-state index contributed by atoms with van der Waals surface area (Å²) < 4.78 is 0. The van der Waals surface area contributed by atoms with Gasteiger partial charge in [0.25, 0.3) is 17.1 Å². The third-order valence-electron chi connectivity index (χ3n) is 6.67. The van der Waals surface area contributed by atoms with Crippen LogP contribution in [0.4, 0.5) is 4.79 Å². The molecule has 0 bridgehead atoms. The molecule has 0 aromatic heterocycles. The van der Waals surface area contributed by atoms with E-state index in [9.17, 15) is 19.2 Å². The molecule has 1 atom stereocenters. The van der Waals surface area contributed by atoms with Gasteiger partial charge in [-0.2, -0.15) is 0 Å². The molecule has 2 fully saturated rings. The van der Waals surface area contributed by atoms with Crippen LogP contribution in [0, 0.1) is 5.92 Å². The number of halogens is 1. The molecule has 4 rings (SSSR count). The highest BCUT2D eigenvalue weighted by Crippen LogP contribution is 2.33. The third kappa shape index (κ3) is 6.25. The zero-order valence-corrected chi connectivity index (χ0v) is 22.6. The van der Waals surface area contributed by atoms with Crippen molar-refractivity contribution in [3.05, 3.63) is 75.1 Å². The van der Waals surface area contributed by atoms with Crippen LogP contribution in [0.5, 0.6) is 0 Å². The normalized spacial score (nSPS) is 19.0. The van der Waals surface area contributed by atoms with Crippen LogP contribution in [0.2, 0.25) is 5.02 Å². The van der Waals surface area contributed by atoms with Gasteiger partial charge in [-0.25, -0.2) is 0 Å². The maximum atomic E-state index is 13.3. The molecule has 0 N–H and O–H groups in total. The van der Waals surface area contributed by atoms with E-state index in [0.717, 1.165) is 30.2 Å². The number of piperidine rings is 1. The molecule has 2 aliphatic heterocycles. The Morgan fingerprint density at radius 1 is 1.11 bits per heavy atom. The van der Waals surface area contributed by atoms with Gasteiger partial charge in [0.2, 0.25) is 5.91 Å². The SMILES string of the molecule is CCN(CC)C(=O)[C@H]1CCCN(C(=O)c2cccc(/C=C3\SC(=O)N(Cc4cccc(Cl)c4)C3=O)c2)C1. The Balaban J connectivity index is 1.47. The first-order chi connectivity index (χ1) is 17.8. The maximum Gasteiger partial charge on any atom is 0.293 e. The number of benzene rings is 2. The summed E-state index contributed by atoms with van der Waals surface area (Å²) in [6.07, 6.45) is 3.20. The lowest BCUT2D eigenvalue weighted by Crippen LogP contribution is -2.46. The second kappa shape index (κ2) is 12.0. The van der Waals surface area contributed by atoms with Crippen molar-refractivity contribution >= 4 is 52.4 Å². The number of nitrogens with zero attached hydrogens (tertiary/aromatic N) is 3. The van der Waals surface area contributed by atoms with E-state index < -0.39 is 0 Å². The average molecular weight is 540 g/mol. The summed E-state index contributed by atoms with van der Waals surface area (Å²) in [4.78, 5) is 56.7. The van der Waals surface area contributed by atoms with Crippen molar-refractivity contribution in [1.29, 1.82) is 0 Å². The Morgan fingerprint density at radius 2 is 1.86 bits per heavy atom. The summed E-state index contributed by atoms with van der Waals surface area (Å²) >= 11 is 6.91. The monoisotopic (exact) mass is 539 g/mol. The summed E-state index contributed by atoms with van der Waals surface area (Å²) in [5.74, 6) is -0.599. The van der Waals surface area contributed by atoms with E-state index in [1.54, 1.807) is 53.4 Å². The van der Waals surface area contributed by atoms with E-state index >= 15 is 0 Å². The van der Waals surface area contributed by atoms with Crippen LogP contribution in [0.1, 0.15) is 48.2 Å². The predicted octanol–water partition coefficient (Wildman–Crippen LogP) is 5.30. The number of rotatable bonds is 7. The first-order valence-corrected chi connectivity index (χ1v) is 13.7.